The number of hydrogen-bond donors (Lipinski definition) is 5. The van der Waals surface area contributed by atoms with Crippen molar-refractivity contribution in [1.82, 2.24) is 19.9 Å². The van der Waals surface area contributed by atoms with E-state index in [1.165, 1.54) is 24.3 Å². The van der Waals surface area contributed by atoms with Crippen molar-refractivity contribution in [3.05, 3.63) is 79.6 Å². The summed E-state index contributed by atoms with van der Waals surface area (Å²) in [4.78, 5) is 37.2. The van der Waals surface area contributed by atoms with E-state index in [1.807, 2.05) is 0 Å². The predicted octanol–water partition coefficient (Wildman–Crippen LogP) is 0.810. The summed E-state index contributed by atoms with van der Waals surface area (Å²) in [5.74, 6) is 0.163. The van der Waals surface area contributed by atoms with E-state index in [0.29, 0.717) is 59.3 Å². The van der Waals surface area contributed by atoms with Gasteiger partial charge in [-0.05, 0) is 72.2 Å². The van der Waals surface area contributed by atoms with Gasteiger partial charge < -0.3 is 11.5 Å². The number of halogens is 1. The number of rotatable bonds is 2. The number of nitrogens with zero attached hydrogens (tertiary/aromatic N) is 2. The first-order chi connectivity index (χ1) is 18.7. The van der Waals surface area contributed by atoms with E-state index in [0.717, 1.165) is 11.1 Å². The van der Waals surface area contributed by atoms with Crippen molar-refractivity contribution in [3.8, 4) is 22.3 Å². The molecule has 0 saturated heterocycles. The van der Waals surface area contributed by atoms with Gasteiger partial charge in [0.25, 0.3) is 20.2 Å². The number of hydrogen-bond acceptors (Lipinski definition) is 10. The summed E-state index contributed by atoms with van der Waals surface area (Å²) in [6.45, 7) is 0. The zero-order valence-electron chi connectivity index (χ0n) is 20.6. The maximum atomic E-state index is 12.0. The summed E-state index contributed by atoms with van der Waals surface area (Å²) >= 11 is 0. The van der Waals surface area contributed by atoms with Crippen molar-refractivity contribution in [2.45, 2.75) is 35.5 Å². The van der Waals surface area contributed by atoms with Gasteiger partial charge >= 0.3 is 0 Å². The molecule has 0 fully saturated rings. The van der Waals surface area contributed by atoms with E-state index in [1.54, 1.807) is 12.1 Å². The van der Waals surface area contributed by atoms with Crippen LogP contribution in [0.5, 0.6) is 0 Å². The van der Waals surface area contributed by atoms with Gasteiger partial charge in [-0.15, -0.1) is 0 Å². The van der Waals surface area contributed by atoms with Crippen molar-refractivity contribution < 1.29 is 16.8 Å². The maximum absolute atomic E-state index is 12.0. The molecule has 0 unspecified atom stereocenters. The molecule has 13 nitrogen and oxygen atoms in total. The number of primary sulfonamides is 1. The normalized spacial score (nSPS) is 13.7. The van der Waals surface area contributed by atoms with Crippen LogP contribution < -0.4 is 27.7 Å². The second-order valence-electron chi connectivity index (χ2n) is 9.17. The molecule has 2 heterocycles. The van der Waals surface area contributed by atoms with Crippen molar-refractivity contribution in [2.75, 3.05) is 11.5 Å². The molecule has 0 aliphatic heterocycles. The Kier molecular flexibility index (Phi) is 6.78. The number of aromatic nitrogens is 4. The van der Waals surface area contributed by atoms with Crippen LogP contribution in [0.1, 0.15) is 22.5 Å². The second-order valence-corrected chi connectivity index (χ2v) is 13.3. The van der Waals surface area contributed by atoms with Crippen molar-refractivity contribution in [2.24, 2.45) is 5.14 Å². The third kappa shape index (κ3) is 5.23. The molecular formula is C24H22ClN7O6S2. The Balaban J connectivity index is 0.000000161. The monoisotopic (exact) mass is 603 g/mol. The molecule has 8 N–H and O–H groups in total. The third-order valence-corrected chi connectivity index (χ3v) is 8.85. The smallest absolute Gasteiger partial charge is 0.261 e. The van der Waals surface area contributed by atoms with Crippen LogP contribution in [0.2, 0.25) is 0 Å². The van der Waals surface area contributed by atoms with Crippen LogP contribution in [-0.4, -0.2) is 36.8 Å². The molecule has 0 amide bonds. The Morgan fingerprint density at radius 2 is 1.12 bits per heavy atom. The van der Waals surface area contributed by atoms with Gasteiger partial charge in [-0.2, -0.15) is 0 Å². The molecule has 0 bridgehead atoms. The maximum Gasteiger partial charge on any atom is 0.261 e. The van der Waals surface area contributed by atoms with E-state index in [9.17, 15) is 26.4 Å². The van der Waals surface area contributed by atoms with Gasteiger partial charge in [-0.25, -0.2) is 31.9 Å². The molecule has 2 aliphatic rings. The zero-order chi connectivity index (χ0) is 29.0. The number of nitrogens with one attached hydrogen (secondary N) is 2. The van der Waals surface area contributed by atoms with Crippen LogP contribution in [0.4, 0.5) is 11.9 Å². The van der Waals surface area contributed by atoms with Gasteiger partial charge in [-0.1, -0.05) is 12.1 Å². The topological polar surface area (TPSA) is 238 Å². The van der Waals surface area contributed by atoms with Gasteiger partial charge in [0.05, 0.1) is 32.3 Å². The number of anilines is 2. The lowest BCUT2D eigenvalue weighted by Gasteiger charge is -2.18. The number of sulfonamides is 1. The fourth-order valence-electron chi connectivity index (χ4n) is 4.87. The lowest BCUT2D eigenvalue weighted by atomic mass is 9.89. The Bertz CT molecular complexity index is 1890. The van der Waals surface area contributed by atoms with E-state index >= 15 is 0 Å². The predicted molar refractivity (Wildman–Crippen MR) is 149 cm³/mol. The van der Waals surface area contributed by atoms with Crippen molar-refractivity contribution in [1.29, 1.82) is 0 Å². The number of aryl methyl sites for hydroxylation is 4. The number of aromatic amines is 2. The Morgan fingerprint density at radius 1 is 0.700 bits per heavy atom. The summed E-state index contributed by atoms with van der Waals surface area (Å²) in [5.41, 5.74) is 15.4. The number of fused-ring (bicyclic) bond motifs is 6. The summed E-state index contributed by atoms with van der Waals surface area (Å²) in [5, 5.41) is 5.11. The molecule has 4 aromatic rings. The fourth-order valence-corrected chi connectivity index (χ4v) is 6.24. The van der Waals surface area contributed by atoms with Gasteiger partial charge in [0.15, 0.2) is 0 Å². The van der Waals surface area contributed by atoms with Gasteiger partial charge in [0.1, 0.15) is 0 Å². The highest BCUT2D eigenvalue weighted by Gasteiger charge is 2.24. The van der Waals surface area contributed by atoms with Crippen LogP contribution in [0.3, 0.4) is 0 Å². The molecule has 208 valence electrons. The standard InChI is InChI=1S/C12H10ClN3O3S.C12H12N4O3S/c13-20(18,19)7-2-3-8-6(5-7)1-4-9-10(8)11(17)16-12(14)15-9;13-12-15-9-4-1-6-5-7(20(14,18)19)2-3-8(6)10(9)11(17)16-12/h2-3,5H,1,4H2,(H3,14,15,16,17);2-3,5H,1,4H2,(H2,14,18,19)(H3,13,15,16,17). The van der Waals surface area contributed by atoms with Crippen molar-refractivity contribution >= 4 is 41.7 Å². The first-order valence-electron chi connectivity index (χ1n) is 11.7. The third-order valence-electron chi connectivity index (χ3n) is 6.59. The van der Waals surface area contributed by atoms with Crippen LogP contribution in [0.15, 0.2) is 55.8 Å². The largest absolute Gasteiger partial charge is 0.369 e. The molecule has 2 aromatic carbocycles. The van der Waals surface area contributed by atoms with E-state index in [-0.39, 0.29) is 32.8 Å². The van der Waals surface area contributed by atoms with E-state index in [2.05, 4.69) is 19.9 Å². The molecule has 40 heavy (non-hydrogen) atoms. The minimum Gasteiger partial charge on any atom is -0.369 e. The SMILES string of the molecule is Nc1nc2c(c(=O)[nH]1)-c1ccc(S(=O)(=O)Cl)cc1CC2.Nc1nc2c(c(=O)[nH]1)-c1ccc(S(N)(=O)=O)cc1CC2. The highest BCUT2D eigenvalue weighted by molar-refractivity contribution is 8.13. The number of benzene rings is 2. The molecule has 0 atom stereocenters. The molecule has 0 saturated carbocycles. The molecule has 2 aliphatic carbocycles. The van der Waals surface area contributed by atoms with Crippen LogP contribution in [0.25, 0.3) is 22.3 Å². The molecule has 6 rings (SSSR count). The van der Waals surface area contributed by atoms with Crippen LogP contribution in [0, 0.1) is 0 Å². The minimum atomic E-state index is -3.78. The fraction of sp³-hybridized carbons (Fsp3) is 0.167. The summed E-state index contributed by atoms with van der Waals surface area (Å²) < 4.78 is 45.4. The highest BCUT2D eigenvalue weighted by atomic mass is 35.7. The molecular weight excluding hydrogens is 582 g/mol. The average molecular weight is 604 g/mol. The molecule has 0 radical (unpaired) electrons. The molecule has 0 spiro atoms. The van der Waals surface area contributed by atoms with Crippen molar-refractivity contribution in [3.63, 3.8) is 0 Å². The van der Waals surface area contributed by atoms with E-state index in [4.69, 9.17) is 27.3 Å². The zero-order valence-corrected chi connectivity index (χ0v) is 23.0. The number of nitrogens with two attached hydrogens (primary N) is 3. The Hall–Kier alpha value is -4.05. The van der Waals surface area contributed by atoms with Gasteiger partial charge in [-0.3, -0.25) is 19.6 Å². The summed E-state index contributed by atoms with van der Waals surface area (Å²) in [6.07, 6.45) is 2.23. The lowest BCUT2D eigenvalue weighted by Crippen LogP contribution is -2.21. The first-order valence-corrected chi connectivity index (χ1v) is 15.6. The molecule has 2 aromatic heterocycles. The minimum absolute atomic E-state index is 0.0289. The second kappa shape index (κ2) is 9.85. The Morgan fingerprint density at radius 3 is 1.55 bits per heavy atom. The van der Waals surface area contributed by atoms with Gasteiger partial charge in [0, 0.05) is 10.7 Å². The highest BCUT2D eigenvalue weighted by Crippen LogP contribution is 2.33. The number of H-pyrrole nitrogens is 2. The number of nitrogen functional groups attached to an aromatic ring is 2. The van der Waals surface area contributed by atoms with E-state index < -0.39 is 19.1 Å². The molecule has 16 heteroatoms. The van der Waals surface area contributed by atoms with Crippen LogP contribution >= 0.6 is 10.7 Å². The average Bonchev–Trinajstić information content (AvgIpc) is 2.86. The lowest BCUT2D eigenvalue weighted by molar-refractivity contribution is 0.597. The quantitative estimate of drug-likeness (QED) is 0.202. The van der Waals surface area contributed by atoms with Crippen LogP contribution in [-0.2, 0) is 44.8 Å². The summed E-state index contributed by atoms with van der Waals surface area (Å²) in [7, 11) is -2.20. The summed E-state index contributed by atoms with van der Waals surface area (Å²) in [6, 6.07) is 8.93. The Labute approximate surface area is 231 Å². The van der Waals surface area contributed by atoms with Gasteiger partial charge in [0.2, 0.25) is 21.9 Å². The first kappa shape index (κ1) is 27.5.